The molecule has 0 saturated carbocycles. The number of pyridine rings is 1. The van der Waals surface area contributed by atoms with Crippen molar-refractivity contribution in [1.82, 2.24) is 4.98 Å². The zero-order chi connectivity index (χ0) is 14.0. The molecule has 1 aromatic heterocycles. The van der Waals surface area contributed by atoms with Crippen molar-refractivity contribution in [2.24, 2.45) is 0 Å². The molecule has 0 spiro atoms. The second-order valence-corrected chi connectivity index (χ2v) is 6.07. The largest absolute Gasteiger partial charge is 0.321 e. The van der Waals surface area contributed by atoms with E-state index < -0.39 is 0 Å². The van der Waals surface area contributed by atoms with Crippen molar-refractivity contribution >= 4 is 66.7 Å². The number of aromatic nitrogens is 1. The van der Waals surface area contributed by atoms with E-state index in [-0.39, 0.29) is 21.8 Å². The average Bonchev–Trinajstić information content (AvgIpc) is 2.32. The Morgan fingerprint density at radius 2 is 1.89 bits per heavy atom. The molecule has 0 atom stereocenters. The van der Waals surface area contributed by atoms with Crippen LogP contribution < -0.4 is 5.32 Å². The molecule has 1 amide bonds. The molecule has 0 aliphatic heterocycles. The van der Waals surface area contributed by atoms with Crippen LogP contribution in [0.5, 0.6) is 0 Å². The van der Waals surface area contributed by atoms with Crippen molar-refractivity contribution in [2.45, 2.75) is 0 Å². The molecule has 19 heavy (non-hydrogen) atoms. The topological polar surface area (TPSA) is 42.0 Å². The Kier molecular flexibility index (Phi) is 4.84. The molecule has 0 aliphatic carbocycles. The number of rotatable bonds is 2. The lowest BCUT2D eigenvalue weighted by atomic mass is 10.2. The first-order valence-electron chi connectivity index (χ1n) is 5.06. The fourth-order valence-corrected chi connectivity index (χ4v) is 2.94. The SMILES string of the molecule is O=C(Nc1ccc(Br)cc1Br)c1ccc(Cl)nc1Cl. The monoisotopic (exact) mass is 422 g/mol. The van der Waals surface area contributed by atoms with Crippen LogP contribution in [0, 0.1) is 0 Å². The maximum atomic E-state index is 12.1. The van der Waals surface area contributed by atoms with Gasteiger partial charge in [-0.1, -0.05) is 39.1 Å². The summed E-state index contributed by atoms with van der Waals surface area (Å²) in [5.41, 5.74) is 0.903. The molecular formula is C12H6Br2Cl2N2O. The summed E-state index contributed by atoms with van der Waals surface area (Å²) in [6.45, 7) is 0. The third-order valence-electron chi connectivity index (χ3n) is 2.24. The zero-order valence-corrected chi connectivity index (χ0v) is 13.9. The maximum absolute atomic E-state index is 12.1. The summed E-state index contributed by atoms with van der Waals surface area (Å²) in [5, 5.41) is 3.05. The van der Waals surface area contributed by atoms with Gasteiger partial charge < -0.3 is 5.32 Å². The van der Waals surface area contributed by atoms with E-state index in [0.29, 0.717) is 5.69 Å². The highest BCUT2D eigenvalue weighted by molar-refractivity contribution is 9.11. The molecular weight excluding hydrogens is 419 g/mol. The lowest BCUT2D eigenvalue weighted by Gasteiger charge is -2.08. The summed E-state index contributed by atoms with van der Waals surface area (Å²) in [4.78, 5) is 15.9. The van der Waals surface area contributed by atoms with E-state index in [9.17, 15) is 4.79 Å². The molecule has 0 radical (unpaired) electrons. The molecule has 7 heteroatoms. The number of nitrogens with one attached hydrogen (secondary N) is 1. The summed E-state index contributed by atoms with van der Waals surface area (Å²) >= 11 is 18.3. The molecule has 3 nitrogen and oxygen atoms in total. The lowest BCUT2D eigenvalue weighted by Crippen LogP contribution is -2.13. The van der Waals surface area contributed by atoms with E-state index in [4.69, 9.17) is 23.2 Å². The van der Waals surface area contributed by atoms with Crippen LogP contribution in [-0.2, 0) is 0 Å². The lowest BCUT2D eigenvalue weighted by molar-refractivity contribution is 0.102. The molecule has 2 rings (SSSR count). The summed E-state index contributed by atoms with van der Waals surface area (Å²) in [6, 6.07) is 8.46. The Balaban J connectivity index is 2.25. The van der Waals surface area contributed by atoms with Crippen LogP contribution in [0.3, 0.4) is 0 Å². The highest BCUT2D eigenvalue weighted by atomic mass is 79.9. The molecule has 1 heterocycles. The average molecular weight is 425 g/mol. The Bertz CT molecular complexity index is 650. The molecule has 0 fully saturated rings. The highest BCUT2D eigenvalue weighted by Crippen LogP contribution is 2.27. The quantitative estimate of drug-likeness (QED) is 0.676. The fraction of sp³-hybridized carbons (Fsp3) is 0. The number of nitrogens with zero attached hydrogens (tertiary/aromatic N) is 1. The van der Waals surface area contributed by atoms with Crippen LogP contribution in [0.2, 0.25) is 10.3 Å². The van der Waals surface area contributed by atoms with E-state index in [1.54, 1.807) is 6.07 Å². The van der Waals surface area contributed by atoms with Crippen LogP contribution in [-0.4, -0.2) is 10.9 Å². The second kappa shape index (κ2) is 6.22. The van der Waals surface area contributed by atoms with Gasteiger partial charge in [-0.2, -0.15) is 0 Å². The number of amides is 1. The number of anilines is 1. The van der Waals surface area contributed by atoms with Gasteiger partial charge in [0.15, 0.2) is 0 Å². The van der Waals surface area contributed by atoms with Crippen LogP contribution in [0.25, 0.3) is 0 Å². The van der Waals surface area contributed by atoms with Crippen molar-refractivity contribution in [3.63, 3.8) is 0 Å². The first kappa shape index (κ1) is 14.8. The van der Waals surface area contributed by atoms with Crippen LogP contribution in [0.1, 0.15) is 10.4 Å². The van der Waals surface area contributed by atoms with Crippen LogP contribution >= 0.6 is 55.1 Å². The van der Waals surface area contributed by atoms with Gasteiger partial charge in [-0.15, -0.1) is 0 Å². The predicted molar refractivity (Wildman–Crippen MR) is 84.1 cm³/mol. The molecule has 0 bridgehead atoms. The van der Waals surface area contributed by atoms with Crippen molar-refractivity contribution in [2.75, 3.05) is 5.32 Å². The summed E-state index contributed by atoms with van der Waals surface area (Å²) in [7, 11) is 0. The number of carbonyl (C=O) groups is 1. The molecule has 2 aromatic rings. The number of halogens is 4. The van der Waals surface area contributed by atoms with Gasteiger partial charge in [-0.25, -0.2) is 4.98 Å². The van der Waals surface area contributed by atoms with E-state index in [2.05, 4.69) is 42.2 Å². The van der Waals surface area contributed by atoms with Gasteiger partial charge in [0.25, 0.3) is 5.91 Å². The van der Waals surface area contributed by atoms with Gasteiger partial charge in [0.05, 0.1) is 11.3 Å². The number of benzene rings is 1. The first-order chi connectivity index (χ1) is 8.97. The van der Waals surface area contributed by atoms with Gasteiger partial charge in [0.1, 0.15) is 10.3 Å². The molecule has 0 aliphatic rings. The maximum Gasteiger partial charge on any atom is 0.258 e. The molecule has 98 valence electrons. The summed E-state index contributed by atoms with van der Waals surface area (Å²) in [6.07, 6.45) is 0. The Hall–Kier alpha value is -0.620. The minimum absolute atomic E-state index is 0.0678. The minimum Gasteiger partial charge on any atom is -0.321 e. The van der Waals surface area contributed by atoms with Crippen molar-refractivity contribution in [3.8, 4) is 0 Å². The second-order valence-electron chi connectivity index (χ2n) is 3.55. The molecule has 0 unspecified atom stereocenters. The Morgan fingerprint density at radius 1 is 1.16 bits per heavy atom. The molecule has 1 aromatic carbocycles. The minimum atomic E-state index is -0.350. The number of carbonyl (C=O) groups excluding carboxylic acids is 1. The van der Waals surface area contributed by atoms with Gasteiger partial charge in [-0.3, -0.25) is 4.79 Å². The normalized spacial score (nSPS) is 10.3. The third kappa shape index (κ3) is 3.69. The highest BCUT2D eigenvalue weighted by Gasteiger charge is 2.13. The van der Waals surface area contributed by atoms with Crippen LogP contribution in [0.4, 0.5) is 5.69 Å². The Morgan fingerprint density at radius 3 is 2.53 bits per heavy atom. The van der Waals surface area contributed by atoms with Gasteiger partial charge >= 0.3 is 0 Å². The van der Waals surface area contributed by atoms with Gasteiger partial charge in [0.2, 0.25) is 0 Å². The molecule has 1 N–H and O–H groups in total. The number of hydrogen-bond acceptors (Lipinski definition) is 2. The third-order valence-corrected chi connectivity index (χ3v) is 3.89. The van der Waals surface area contributed by atoms with Crippen molar-refractivity contribution < 1.29 is 4.79 Å². The predicted octanol–water partition coefficient (Wildman–Crippen LogP) is 5.17. The Labute approximate surface area is 136 Å². The summed E-state index contributed by atoms with van der Waals surface area (Å²) < 4.78 is 1.66. The number of hydrogen-bond donors (Lipinski definition) is 1. The van der Waals surface area contributed by atoms with Crippen LogP contribution in [0.15, 0.2) is 39.3 Å². The first-order valence-corrected chi connectivity index (χ1v) is 7.40. The van der Waals surface area contributed by atoms with Gasteiger partial charge in [-0.05, 0) is 46.3 Å². The smallest absolute Gasteiger partial charge is 0.258 e. The van der Waals surface area contributed by atoms with E-state index in [0.717, 1.165) is 8.95 Å². The molecule has 0 saturated heterocycles. The summed E-state index contributed by atoms with van der Waals surface area (Å²) in [5.74, 6) is -0.350. The standard InChI is InChI=1S/C12H6Br2Cl2N2O/c13-6-1-3-9(8(14)5-6)17-12(19)7-2-4-10(15)18-11(7)16/h1-5H,(H,17,19). The van der Waals surface area contributed by atoms with E-state index in [1.807, 2.05) is 12.1 Å². The van der Waals surface area contributed by atoms with Crippen molar-refractivity contribution in [1.29, 1.82) is 0 Å². The van der Waals surface area contributed by atoms with E-state index >= 15 is 0 Å². The van der Waals surface area contributed by atoms with E-state index in [1.165, 1.54) is 12.1 Å². The fourth-order valence-electron chi connectivity index (χ4n) is 1.36. The van der Waals surface area contributed by atoms with Gasteiger partial charge in [0, 0.05) is 8.95 Å². The van der Waals surface area contributed by atoms with Crippen molar-refractivity contribution in [3.05, 3.63) is 55.1 Å². The zero-order valence-electron chi connectivity index (χ0n) is 9.25.